The third kappa shape index (κ3) is 19.6. The summed E-state index contributed by atoms with van der Waals surface area (Å²) in [5.41, 5.74) is 0. The van der Waals surface area contributed by atoms with Crippen LogP contribution in [0.15, 0.2) is 0 Å². The highest BCUT2D eigenvalue weighted by Crippen LogP contribution is 2.48. The van der Waals surface area contributed by atoms with Gasteiger partial charge in [-0.25, -0.2) is 0 Å². The van der Waals surface area contributed by atoms with Crippen molar-refractivity contribution in [3.05, 3.63) is 0 Å². The lowest BCUT2D eigenvalue weighted by molar-refractivity contribution is -0.134. The van der Waals surface area contributed by atoms with E-state index in [-0.39, 0.29) is 146 Å². The van der Waals surface area contributed by atoms with Crippen molar-refractivity contribution < 1.29 is 75.8 Å². The van der Waals surface area contributed by atoms with Gasteiger partial charge in [-0.2, -0.15) is 0 Å². The summed E-state index contributed by atoms with van der Waals surface area (Å²) in [5.74, 6) is 1.56. The van der Waals surface area contributed by atoms with E-state index in [9.17, 15) is 0 Å². The summed E-state index contributed by atoms with van der Waals surface area (Å²) in [6, 6.07) is 0. The Morgan fingerprint density at radius 2 is 0.295 bits per heavy atom. The van der Waals surface area contributed by atoms with Crippen molar-refractivity contribution in [2.75, 3.05) is 159 Å². The first-order valence-corrected chi connectivity index (χ1v) is 35.0. The molecule has 8 N–H and O–H groups in total. The van der Waals surface area contributed by atoms with E-state index in [0.29, 0.717) is 159 Å². The van der Waals surface area contributed by atoms with Crippen molar-refractivity contribution in [3.8, 4) is 0 Å². The summed E-state index contributed by atoms with van der Waals surface area (Å²) in [6.07, 6.45) is 4.85. The maximum Gasteiger partial charge on any atom is 0.0841 e. The molecule has 9 rings (SSSR count). The van der Waals surface area contributed by atoms with Gasteiger partial charge in [0, 0.05) is 52.9 Å². The van der Waals surface area contributed by atoms with Crippen LogP contribution in [-0.4, -0.2) is 257 Å². The van der Waals surface area contributed by atoms with Gasteiger partial charge in [-0.3, -0.25) is 42.5 Å². The minimum absolute atomic E-state index is 0.0756. The van der Waals surface area contributed by atoms with E-state index in [4.69, 9.17) is 75.8 Å². The first-order valence-electron chi connectivity index (χ1n) is 35.0. The van der Waals surface area contributed by atoms with Crippen molar-refractivity contribution in [3.63, 3.8) is 0 Å². The minimum Gasteiger partial charge on any atom is -0.379 e. The fourth-order valence-corrected chi connectivity index (χ4v) is 16.4. The molecule has 0 aromatic heterocycles. The summed E-state index contributed by atoms with van der Waals surface area (Å²) in [6.45, 7) is 29.7. The molecule has 0 spiro atoms. The Hall–Kier alpha value is -0.960. The molecule has 9 fully saturated rings. The van der Waals surface area contributed by atoms with Gasteiger partial charge in [0.1, 0.15) is 0 Å². The fourth-order valence-electron chi connectivity index (χ4n) is 16.4. The maximum atomic E-state index is 6.84. The molecule has 88 heavy (non-hydrogen) atoms. The molecule has 24 heteroatoms. The lowest BCUT2D eigenvalue weighted by atomic mass is 9.73. The molecule has 5 aliphatic heterocycles. The van der Waals surface area contributed by atoms with E-state index in [0.717, 1.165) is 51.4 Å². The molecule has 16 atom stereocenters. The first-order chi connectivity index (χ1) is 43.3. The Balaban J connectivity index is 1.09. The van der Waals surface area contributed by atoms with E-state index in [2.05, 4.69) is 42.5 Å². The van der Waals surface area contributed by atoms with Crippen molar-refractivity contribution in [2.45, 2.75) is 205 Å². The molecular formula is C64H120N8O16. The van der Waals surface area contributed by atoms with Gasteiger partial charge in [0.2, 0.25) is 0 Å². The Labute approximate surface area is 527 Å². The van der Waals surface area contributed by atoms with Gasteiger partial charge in [-0.05, 0) is 154 Å². The number of hydrogen-bond donors (Lipinski definition) is 8. The quantitative estimate of drug-likeness (QED) is 0.0412. The predicted molar refractivity (Wildman–Crippen MR) is 330 cm³/mol. The van der Waals surface area contributed by atoms with Crippen LogP contribution in [0.2, 0.25) is 0 Å². The summed E-state index contributed by atoms with van der Waals surface area (Å²) >= 11 is 0. The molecule has 0 aromatic rings. The molecule has 0 aromatic carbocycles. The van der Waals surface area contributed by atoms with Crippen LogP contribution < -0.4 is 42.5 Å². The molecule has 0 radical (unpaired) electrons. The monoisotopic (exact) mass is 1260 g/mol. The molecule has 4 aliphatic carbocycles. The second-order valence-corrected chi connectivity index (χ2v) is 25.2. The molecule has 512 valence electrons. The zero-order valence-corrected chi connectivity index (χ0v) is 55.0. The van der Waals surface area contributed by atoms with Crippen LogP contribution in [0.5, 0.6) is 0 Å². The van der Waals surface area contributed by atoms with Crippen molar-refractivity contribution in [2.24, 2.45) is 47.3 Å². The van der Waals surface area contributed by atoms with Gasteiger partial charge in [0.15, 0.2) is 0 Å². The van der Waals surface area contributed by atoms with Gasteiger partial charge in [-0.15, -0.1) is 0 Å². The molecule has 0 amide bonds. The number of fused-ring (bicyclic) bond motifs is 20. The summed E-state index contributed by atoms with van der Waals surface area (Å²) in [7, 11) is 0. The molecule has 5 heterocycles. The third-order valence-electron chi connectivity index (χ3n) is 20.3. The van der Waals surface area contributed by atoms with Crippen LogP contribution >= 0.6 is 0 Å². The Morgan fingerprint density at radius 3 is 0.398 bits per heavy atom. The van der Waals surface area contributed by atoms with Crippen molar-refractivity contribution in [1.82, 2.24) is 42.5 Å². The van der Waals surface area contributed by atoms with Crippen LogP contribution in [0.25, 0.3) is 0 Å². The first kappa shape index (κ1) is 71.3. The van der Waals surface area contributed by atoms with Gasteiger partial charge in [-0.1, -0.05) is 0 Å². The molecule has 16 unspecified atom stereocenters. The van der Waals surface area contributed by atoms with E-state index in [1.54, 1.807) is 0 Å². The number of ether oxygens (including phenoxy) is 16. The highest BCUT2D eigenvalue weighted by Gasteiger charge is 2.59. The van der Waals surface area contributed by atoms with Gasteiger partial charge < -0.3 is 75.8 Å². The van der Waals surface area contributed by atoms with Crippen molar-refractivity contribution >= 4 is 0 Å². The van der Waals surface area contributed by atoms with Crippen LogP contribution in [0.4, 0.5) is 0 Å². The largest absolute Gasteiger partial charge is 0.379 e. The normalized spacial score (nSPS) is 39.5. The van der Waals surface area contributed by atoms with Crippen molar-refractivity contribution in [1.29, 1.82) is 0 Å². The van der Waals surface area contributed by atoms with Gasteiger partial charge >= 0.3 is 0 Å². The zero-order valence-electron chi connectivity index (χ0n) is 55.0. The predicted octanol–water partition coefficient (Wildman–Crippen LogP) is 2.86. The Morgan fingerprint density at radius 1 is 0.182 bits per heavy atom. The lowest BCUT2D eigenvalue weighted by Gasteiger charge is -2.43. The molecule has 9 aliphatic rings. The minimum atomic E-state index is -0.129. The van der Waals surface area contributed by atoms with E-state index in [1.165, 1.54) is 0 Å². The van der Waals surface area contributed by atoms with Gasteiger partial charge in [0.25, 0.3) is 0 Å². The number of rotatable bonds is 40. The highest BCUT2D eigenvalue weighted by atomic mass is 16.6. The van der Waals surface area contributed by atoms with Gasteiger partial charge in [0.05, 0.1) is 204 Å². The van der Waals surface area contributed by atoms with Crippen LogP contribution in [0.3, 0.4) is 0 Å². The average molecular weight is 1260 g/mol. The molecule has 8 bridgehead atoms. The molecule has 5 saturated heterocycles. The third-order valence-corrected chi connectivity index (χ3v) is 20.3. The van der Waals surface area contributed by atoms with E-state index >= 15 is 0 Å². The molecular weight excluding hydrogens is 1140 g/mol. The zero-order chi connectivity index (χ0) is 61.5. The lowest BCUT2D eigenvalue weighted by Crippen LogP contribution is -2.61. The second-order valence-electron chi connectivity index (χ2n) is 25.2. The second kappa shape index (κ2) is 38.6. The topological polar surface area (TPSA) is 244 Å². The Bertz CT molecular complexity index is 1510. The SMILES string of the molecule is CCOCCOC1CC2C3NC(NC4NC(NC5NC(NC6NC(N3)C3CC(OCCOCC)C(OCCOCC)CC63)C3CC(OCCOCC)C(OCCOCC)CC53)C3CC(OCCOCC)C(OCCOCC)CC43)C2CC1OCCOCC. The molecule has 24 nitrogen and oxygen atoms in total. The molecule has 4 saturated carbocycles. The van der Waals surface area contributed by atoms with Crippen LogP contribution in [-0.2, 0) is 75.8 Å². The van der Waals surface area contributed by atoms with E-state index < -0.39 is 0 Å². The van der Waals surface area contributed by atoms with E-state index in [1.807, 2.05) is 55.4 Å². The highest BCUT2D eigenvalue weighted by molar-refractivity contribution is 5.12. The summed E-state index contributed by atoms with van der Waals surface area (Å²) in [4.78, 5) is 0. The fraction of sp³-hybridized carbons (Fsp3) is 1.00. The Kier molecular flexibility index (Phi) is 31.3. The maximum absolute atomic E-state index is 6.84. The van der Waals surface area contributed by atoms with Crippen LogP contribution in [0, 0.1) is 47.3 Å². The summed E-state index contributed by atoms with van der Waals surface area (Å²) < 4.78 is 101. The average Bonchev–Trinajstić information content (AvgIpc) is 2.01. The van der Waals surface area contributed by atoms with Crippen LogP contribution in [0.1, 0.15) is 107 Å². The summed E-state index contributed by atoms with van der Waals surface area (Å²) in [5, 5.41) is 34.5. The number of nitrogens with one attached hydrogen (secondary N) is 8. The number of hydrogen-bond acceptors (Lipinski definition) is 24. The smallest absolute Gasteiger partial charge is 0.0841 e. The standard InChI is InChI=1S/C64H120N8O16/c1-9-73-17-25-81-49-33-41-42(34-50(49)82-26-18-74-10-2)58-65-57(41)69-59-43-35-51(83-27-19-75-11-3)52(84-28-20-76-12-4)36-44(43)61(66-59)71-63-47-39-55(87-31-23-79-15-7)56(88-32-24-80-16-8)40-48(47)64(68-63)72-62-46-38-54(86-30-22-78-14-6)53(85-29-21-77-13-5)37-45(46)60(67-62)70-58/h41-72H,9-40H2,1-8H3.